The van der Waals surface area contributed by atoms with Crippen LogP contribution in [0.15, 0.2) is 30.3 Å². The minimum atomic E-state index is -0.760. The standard InChI is InChI=1S/C17H28N2O/c1-5-17(18,6-2)16(20)19-15(12-13(3)4)14-10-8-7-9-11-14/h7-11,13,15H,5-6,12,18H2,1-4H3,(H,19,20). The highest BCUT2D eigenvalue weighted by atomic mass is 16.2. The van der Waals surface area contributed by atoms with Gasteiger partial charge in [0.05, 0.1) is 11.6 Å². The topological polar surface area (TPSA) is 55.1 Å². The summed E-state index contributed by atoms with van der Waals surface area (Å²) in [6.07, 6.45) is 2.22. The fourth-order valence-electron chi connectivity index (χ4n) is 2.31. The minimum absolute atomic E-state index is 0.0322. The number of amides is 1. The van der Waals surface area contributed by atoms with Crippen molar-refractivity contribution in [2.24, 2.45) is 11.7 Å². The Morgan fingerprint density at radius 2 is 1.75 bits per heavy atom. The molecule has 0 saturated heterocycles. The van der Waals surface area contributed by atoms with Gasteiger partial charge in [-0.05, 0) is 30.7 Å². The quantitative estimate of drug-likeness (QED) is 0.802. The Labute approximate surface area is 122 Å². The van der Waals surface area contributed by atoms with Crippen molar-refractivity contribution >= 4 is 5.91 Å². The van der Waals surface area contributed by atoms with E-state index >= 15 is 0 Å². The van der Waals surface area contributed by atoms with Crippen LogP contribution in [0.25, 0.3) is 0 Å². The van der Waals surface area contributed by atoms with E-state index in [2.05, 4.69) is 31.3 Å². The van der Waals surface area contributed by atoms with E-state index in [4.69, 9.17) is 5.73 Å². The van der Waals surface area contributed by atoms with Crippen LogP contribution in [-0.4, -0.2) is 11.4 Å². The number of carbonyl (C=O) groups is 1. The Kier molecular flexibility index (Phi) is 6.21. The van der Waals surface area contributed by atoms with E-state index in [0.717, 1.165) is 12.0 Å². The minimum Gasteiger partial charge on any atom is -0.348 e. The lowest BCUT2D eigenvalue weighted by Crippen LogP contribution is -2.53. The monoisotopic (exact) mass is 276 g/mol. The Bertz CT molecular complexity index is 410. The molecule has 1 rings (SSSR count). The molecule has 0 fully saturated rings. The smallest absolute Gasteiger partial charge is 0.240 e. The SMILES string of the molecule is CCC(N)(CC)C(=O)NC(CC(C)C)c1ccccc1. The molecule has 112 valence electrons. The number of carbonyl (C=O) groups excluding carboxylic acids is 1. The molecule has 1 amide bonds. The van der Waals surface area contributed by atoms with E-state index in [1.165, 1.54) is 0 Å². The number of nitrogens with one attached hydrogen (secondary N) is 1. The van der Waals surface area contributed by atoms with E-state index in [1.54, 1.807) is 0 Å². The van der Waals surface area contributed by atoms with E-state index in [1.807, 2.05) is 32.0 Å². The predicted octanol–water partition coefficient (Wildman–Crippen LogP) is 3.41. The van der Waals surface area contributed by atoms with Crippen LogP contribution in [0.3, 0.4) is 0 Å². The zero-order chi connectivity index (χ0) is 15.2. The van der Waals surface area contributed by atoms with Crippen LogP contribution >= 0.6 is 0 Å². The van der Waals surface area contributed by atoms with Crippen LogP contribution in [-0.2, 0) is 4.79 Å². The molecule has 1 aromatic rings. The molecular formula is C17H28N2O. The highest BCUT2D eigenvalue weighted by molar-refractivity contribution is 5.86. The number of nitrogens with two attached hydrogens (primary N) is 1. The van der Waals surface area contributed by atoms with Crippen molar-refractivity contribution in [1.29, 1.82) is 0 Å². The summed E-state index contributed by atoms with van der Waals surface area (Å²) in [6, 6.07) is 10.1. The second kappa shape index (κ2) is 7.44. The summed E-state index contributed by atoms with van der Waals surface area (Å²) in [4.78, 5) is 12.5. The van der Waals surface area contributed by atoms with Crippen molar-refractivity contribution in [3.8, 4) is 0 Å². The summed E-state index contributed by atoms with van der Waals surface area (Å²) in [5.74, 6) is 0.466. The molecule has 3 heteroatoms. The van der Waals surface area contributed by atoms with Crippen molar-refractivity contribution in [3.05, 3.63) is 35.9 Å². The van der Waals surface area contributed by atoms with Gasteiger partial charge in [0.2, 0.25) is 5.91 Å². The molecule has 0 aliphatic rings. The second-order valence-electron chi connectivity index (χ2n) is 5.93. The molecule has 0 aliphatic heterocycles. The van der Waals surface area contributed by atoms with Gasteiger partial charge in [-0.1, -0.05) is 58.0 Å². The molecule has 0 radical (unpaired) electrons. The fourth-order valence-corrected chi connectivity index (χ4v) is 2.31. The van der Waals surface area contributed by atoms with Crippen LogP contribution in [0, 0.1) is 5.92 Å². The van der Waals surface area contributed by atoms with Gasteiger partial charge in [-0.2, -0.15) is 0 Å². The van der Waals surface area contributed by atoms with E-state index in [9.17, 15) is 4.79 Å². The van der Waals surface area contributed by atoms with Crippen LogP contribution < -0.4 is 11.1 Å². The zero-order valence-corrected chi connectivity index (χ0v) is 13.1. The highest BCUT2D eigenvalue weighted by Gasteiger charge is 2.31. The number of hydrogen-bond acceptors (Lipinski definition) is 2. The first kappa shape index (κ1) is 16.7. The third-order valence-electron chi connectivity index (χ3n) is 3.93. The van der Waals surface area contributed by atoms with Gasteiger partial charge in [0.1, 0.15) is 0 Å². The molecule has 1 aromatic carbocycles. The Hall–Kier alpha value is -1.35. The summed E-state index contributed by atoms with van der Waals surface area (Å²) >= 11 is 0. The maximum Gasteiger partial charge on any atom is 0.240 e. The molecule has 3 nitrogen and oxygen atoms in total. The first-order chi connectivity index (χ1) is 9.42. The summed E-state index contributed by atoms with van der Waals surface area (Å²) in [7, 11) is 0. The third kappa shape index (κ3) is 4.34. The Morgan fingerprint density at radius 3 is 2.20 bits per heavy atom. The van der Waals surface area contributed by atoms with Crippen molar-refractivity contribution in [2.75, 3.05) is 0 Å². The molecular weight excluding hydrogens is 248 g/mol. The number of benzene rings is 1. The summed E-state index contributed by atoms with van der Waals surface area (Å²) in [6.45, 7) is 8.25. The van der Waals surface area contributed by atoms with Gasteiger partial charge in [0, 0.05) is 0 Å². The lowest BCUT2D eigenvalue weighted by molar-refractivity contribution is -0.127. The van der Waals surface area contributed by atoms with Gasteiger partial charge in [0.25, 0.3) is 0 Å². The third-order valence-corrected chi connectivity index (χ3v) is 3.93. The van der Waals surface area contributed by atoms with Crippen molar-refractivity contribution in [2.45, 2.75) is 58.5 Å². The van der Waals surface area contributed by atoms with Gasteiger partial charge < -0.3 is 11.1 Å². The first-order valence-corrected chi connectivity index (χ1v) is 7.57. The molecule has 0 spiro atoms. The molecule has 0 aliphatic carbocycles. The maximum atomic E-state index is 12.5. The molecule has 1 atom stereocenters. The largest absolute Gasteiger partial charge is 0.348 e. The van der Waals surface area contributed by atoms with E-state index < -0.39 is 5.54 Å². The lowest BCUT2D eigenvalue weighted by atomic mass is 9.91. The van der Waals surface area contributed by atoms with Crippen LogP contribution in [0.2, 0.25) is 0 Å². The predicted molar refractivity (Wildman–Crippen MR) is 84.3 cm³/mol. The molecule has 3 N–H and O–H groups in total. The van der Waals surface area contributed by atoms with Gasteiger partial charge in [-0.25, -0.2) is 0 Å². The fraction of sp³-hybridized carbons (Fsp3) is 0.588. The second-order valence-corrected chi connectivity index (χ2v) is 5.93. The Morgan fingerprint density at radius 1 is 1.20 bits per heavy atom. The summed E-state index contributed by atoms with van der Waals surface area (Å²) in [5, 5.41) is 3.14. The van der Waals surface area contributed by atoms with Gasteiger partial charge in [-0.15, -0.1) is 0 Å². The molecule has 1 unspecified atom stereocenters. The van der Waals surface area contributed by atoms with Gasteiger partial charge >= 0.3 is 0 Å². The van der Waals surface area contributed by atoms with Crippen LogP contribution in [0.4, 0.5) is 0 Å². The van der Waals surface area contributed by atoms with Crippen molar-refractivity contribution < 1.29 is 4.79 Å². The molecule has 0 heterocycles. The molecule has 0 bridgehead atoms. The highest BCUT2D eigenvalue weighted by Crippen LogP contribution is 2.23. The molecule has 0 saturated carbocycles. The van der Waals surface area contributed by atoms with Crippen molar-refractivity contribution in [1.82, 2.24) is 5.32 Å². The maximum absolute atomic E-state index is 12.5. The lowest BCUT2D eigenvalue weighted by Gasteiger charge is -2.29. The average molecular weight is 276 g/mol. The van der Waals surface area contributed by atoms with Crippen molar-refractivity contribution in [3.63, 3.8) is 0 Å². The van der Waals surface area contributed by atoms with Gasteiger partial charge in [-0.3, -0.25) is 4.79 Å². The van der Waals surface area contributed by atoms with E-state index in [0.29, 0.717) is 18.8 Å². The first-order valence-electron chi connectivity index (χ1n) is 7.57. The normalized spacial score (nSPS) is 13.3. The summed E-state index contributed by atoms with van der Waals surface area (Å²) < 4.78 is 0. The van der Waals surface area contributed by atoms with Gasteiger partial charge in [0.15, 0.2) is 0 Å². The summed E-state index contributed by atoms with van der Waals surface area (Å²) in [5.41, 5.74) is 6.57. The molecule has 0 aromatic heterocycles. The van der Waals surface area contributed by atoms with E-state index in [-0.39, 0.29) is 11.9 Å². The Balaban J connectivity index is 2.88. The molecule has 20 heavy (non-hydrogen) atoms. The van der Waals surface area contributed by atoms with Crippen LogP contribution in [0.5, 0.6) is 0 Å². The average Bonchev–Trinajstić information content (AvgIpc) is 2.46. The number of rotatable bonds is 7. The number of hydrogen-bond donors (Lipinski definition) is 2. The van der Waals surface area contributed by atoms with Crippen LogP contribution in [0.1, 0.15) is 58.6 Å². The zero-order valence-electron chi connectivity index (χ0n) is 13.1.